The molecule has 1 N–H and O–H groups in total. The Balaban J connectivity index is 1.45. The van der Waals surface area contributed by atoms with Crippen molar-refractivity contribution in [1.82, 2.24) is 4.31 Å². The third kappa shape index (κ3) is 4.14. The maximum absolute atomic E-state index is 12.8. The Morgan fingerprint density at radius 1 is 0.967 bits per heavy atom. The molecule has 4 rings (SSSR count). The molecule has 154 valence electrons. The Bertz CT molecular complexity index is 1160. The van der Waals surface area contributed by atoms with Crippen molar-refractivity contribution in [3.63, 3.8) is 0 Å². The molecule has 0 aliphatic carbocycles. The second kappa shape index (κ2) is 8.17. The number of hydrogen-bond donors (Lipinski definition) is 1. The highest BCUT2D eigenvalue weighted by molar-refractivity contribution is 7.89. The van der Waals surface area contributed by atoms with E-state index in [1.54, 1.807) is 30.3 Å². The van der Waals surface area contributed by atoms with Crippen LogP contribution in [-0.2, 0) is 16.6 Å². The van der Waals surface area contributed by atoms with E-state index < -0.39 is 10.0 Å². The van der Waals surface area contributed by atoms with Gasteiger partial charge in [-0.3, -0.25) is 4.79 Å². The molecular weight excluding hydrogens is 404 g/mol. The normalized spacial score (nSPS) is 12.7. The molecule has 8 heteroatoms. The first-order valence-electron chi connectivity index (χ1n) is 9.25. The van der Waals surface area contributed by atoms with Crippen LogP contribution in [0.2, 0.25) is 0 Å². The molecule has 0 radical (unpaired) electrons. The summed E-state index contributed by atoms with van der Waals surface area (Å²) >= 11 is 0. The van der Waals surface area contributed by atoms with Crippen molar-refractivity contribution < 1.29 is 22.7 Å². The predicted molar refractivity (Wildman–Crippen MR) is 112 cm³/mol. The van der Waals surface area contributed by atoms with E-state index >= 15 is 0 Å². The lowest BCUT2D eigenvalue weighted by atomic mass is 10.2. The zero-order valence-electron chi connectivity index (χ0n) is 16.2. The van der Waals surface area contributed by atoms with E-state index in [9.17, 15) is 13.2 Å². The Morgan fingerprint density at radius 3 is 2.40 bits per heavy atom. The highest BCUT2D eigenvalue weighted by atomic mass is 32.2. The Hall–Kier alpha value is -3.36. The molecule has 0 aromatic heterocycles. The summed E-state index contributed by atoms with van der Waals surface area (Å²) in [5, 5.41) is 2.75. The summed E-state index contributed by atoms with van der Waals surface area (Å²) in [4.78, 5) is 12.6. The second-order valence-corrected chi connectivity index (χ2v) is 8.84. The molecule has 3 aromatic carbocycles. The number of hydrogen-bond acceptors (Lipinski definition) is 5. The third-order valence-electron chi connectivity index (χ3n) is 4.70. The van der Waals surface area contributed by atoms with Crippen molar-refractivity contribution in [2.75, 3.05) is 19.2 Å². The van der Waals surface area contributed by atoms with Crippen LogP contribution in [0.15, 0.2) is 77.7 Å². The van der Waals surface area contributed by atoms with E-state index in [0.717, 1.165) is 5.56 Å². The van der Waals surface area contributed by atoms with Crippen molar-refractivity contribution in [2.24, 2.45) is 0 Å². The number of carbonyl (C=O) groups is 1. The number of carbonyl (C=O) groups excluding carboxylic acids is 1. The summed E-state index contributed by atoms with van der Waals surface area (Å²) in [6.45, 7) is 0.404. The van der Waals surface area contributed by atoms with E-state index in [4.69, 9.17) is 9.47 Å². The lowest BCUT2D eigenvalue weighted by Gasteiger charge is -2.17. The van der Waals surface area contributed by atoms with Gasteiger partial charge in [0.25, 0.3) is 5.91 Å². The number of anilines is 1. The summed E-state index contributed by atoms with van der Waals surface area (Å²) in [6, 6.07) is 20.4. The molecule has 0 atom stereocenters. The smallest absolute Gasteiger partial charge is 0.255 e. The molecule has 0 spiro atoms. The first kappa shape index (κ1) is 19.9. The Labute approximate surface area is 174 Å². The van der Waals surface area contributed by atoms with Crippen LogP contribution in [0, 0.1) is 0 Å². The van der Waals surface area contributed by atoms with Crippen molar-refractivity contribution in [2.45, 2.75) is 11.4 Å². The van der Waals surface area contributed by atoms with Crippen LogP contribution in [0.25, 0.3) is 0 Å². The molecule has 0 fully saturated rings. The molecule has 0 saturated carbocycles. The number of ether oxygens (including phenoxy) is 2. The first-order valence-corrected chi connectivity index (χ1v) is 10.7. The van der Waals surface area contributed by atoms with Gasteiger partial charge >= 0.3 is 0 Å². The topological polar surface area (TPSA) is 84.9 Å². The zero-order valence-corrected chi connectivity index (χ0v) is 17.1. The maximum atomic E-state index is 12.8. The molecule has 3 aromatic rings. The fourth-order valence-electron chi connectivity index (χ4n) is 3.06. The average molecular weight is 424 g/mol. The van der Waals surface area contributed by atoms with Gasteiger partial charge < -0.3 is 14.8 Å². The SMILES string of the molecule is CN(Cc1ccccc1)S(=O)(=O)c1ccc(NC(=O)c2ccc3c(c2)OCO3)cc1. The van der Waals surface area contributed by atoms with Crippen molar-refractivity contribution >= 4 is 21.6 Å². The minimum absolute atomic E-state index is 0.134. The van der Waals surface area contributed by atoms with Crippen molar-refractivity contribution in [3.8, 4) is 11.5 Å². The summed E-state index contributed by atoms with van der Waals surface area (Å²) in [5.74, 6) is 0.788. The van der Waals surface area contributed by atoms with Crippen LogP contribution >= 0.6 is 0 Å². The van der Waals surface area contributed by atoms with Gasteiger partial charge in [-0.05, 0) is 48.0 Å². The molecule has 1 amide bonds. The van der Waals surface area contributed by atoms with E-state index in [-0.39, 0.29) is 24.1 Å². The van der Waals surface area contributed by atoms with Crippen molar-refractivity contribution in [1.29, 1.82) is 0 Å². The number of fused-ring (bicyclic) bond motifs is 1. The molecule has 1 aliphatic heterocycles. The molecule has 1 heterocycles. The van der Waals surface area contributed by atoms with E-state index in [2.05, 4.69) is 5.32 Å². The zero-order chi connectivity index (χ0) is 21.1. The van der Waals surface area contributed by atoms with Gasteiger partial charge in [-0.15, -0.1) is 0 Å². The van der Waals surface area contributed by atoms with Crippen molar-refractivity contribution in [3.05, 3.63) is 83.9 Å². The fraction of sp³-hybridized carbons (Fsp3) is 0.136. The largest absolute Gasteiger partial charge is 0.454 e. The molecule has 7 nitrogen and oxygen atoms in total. The van der Waals surface area contributed by atoms with Gasteiger partial charge in [0.05, 0.1) is 4.90 Å². The fourth-order valence-corrected chi connectivity index (χ4v) is 4.22. The highest BCUT2D eigenvalue weighted by Gasteiger charge is 2.21. The lowest BCUT2D eigenvalue weighted by Crippen LogP contribution is -2.26. The highest BCUT2D eigenvalue weighted by Crippen LogP contribution is 2.32. The van der Waals surface area contributed by atoms with Gasteiger partial charge in [0.15, 0.2) is 11.5 Å². The molecule has 0 saturated heterocycles. The quantitative estimate of drug-likeness (QED) is 0.655. The molecule has 1 aliphatic rings. The molecule has 30 heavy (non-hydrogen) atoms. The predicted octanol–water partition coefficient (Wildman–Crippen LogP) is 3.49. The van der Waals surface area contributed by atoms with E-state index in [1.807, 2.05) is 30.3 Å². The summed E-state index contributed by atoms with van der Waals surface area (Å²) in [5.41, 5.74) is 1.80. The average Bonchev–Trinajstić information content (AvgIpc) is 3.22. The number of sulfonamides is 1. The van der Waals surface area contributed by atoms with E-state index in [0.29, 0.717) is 22.7 Å². The van der Waals surface area contributed by atoms with Gasteiger partial charge in [0.1, 0.15) is 0 Å². The van der Waals surface area contributed by atoms with Crippen LogP contribution in [0.1, 0.15) is 15.9 Å². The van der Waals surface area contributed by atoms with Crippen LogP contribution in [-0.4, -0.2) is 32.5 Å². The minimum atomic E-state index is -3.65. The lowest BCUT2D eigenvalue weighted by molar-refractivity contribution is 0.102. The van der Waals surface area contributed by atoms with Gasteiger partial charge in [-0.25, -0.2) is 8.42 Å². The van der Waals surface area contributed by atoms with E-state index in [1.165, 1.54) is 23.5 Å². The van der Waals surface area contributed by atoms with Crippen LogP contribution < -0.4 is 14.8 Å². The third-order valence-corrected chi connectivity index (χ3v) is 6.52. The summed E-state index contributed by atoms with van der Waals surface area (Å²) in [6.07, 6.45) is 0. The van der Waals surface area contributed by atoms with Gasteiger partial charge in [0.2, 0.25) is 16.8 Å². The van der Waals surface area contributed by atoms with Crippen LogP contribution in [0.5, 0.6) is 11.5 Å². The Kier molecular flexibility index (Phi) is 5.43. The minimum Gasteiger partial charge on any atom is -0.454 e. The first-order chi connectivity index (χ1) is 14.4. The molecule has 0 unspecified atom stereocenters. The molecule has 0 bridgehead atoms. The Morgan fingerprint density at radius 2 is 1.67 bits per heavy atom. The van der Waals surface area contributed by atoms with Crippen LogP contribution in [0.4, 0.5) is 5.69 Å². The summed E-state index contributed by atoms with van der Waals surface area (Å²) in [7, 11) is -2.11. The number of nitrogens with one attached hydrogen (secondary N) is 1. The maximum Gasteiger partial charge on any atom is 0.255 e. The number of rotatable bonds is 6. The number of nitrogens with zero attached hydrogens (tertiary/aromatic N) is 1. The molecular formula is C22H20N2O5S. The second-order valence-electron chi connectivity index (χ2n) is 6.79. The van der Waals surface area contributed by atoms with Crippen LogP contribution in [0.3, 0.4) is 0 Å². The monoisotopic (exact) mass is 424 g/mol. The number of amides is 1. The standard InChI is InChI=1S/C22H20N2O5S/c1-24(14-16-5-3-2-4-6-16)30(26,27)19-10-8-18(9-11-19)23-22(25)17-7-12-20-21(13-17)29-15-28-20/h2-13H,14-15H2,1H3,(H,23,25). The van der Waals surface area contributed by atoms with Gasteiger partial charge in [-0.1, -0.05) is 30.3 Å². The number of benzene rings is 3. The van der Waals surface area contributed by atoms with Gasteiger partial charge in [0, 0.05) is 24.8 Å². The van der Waals surface area contributed by atoms with Gasteiger partial charge in [-0.2, -0.15) is 4.31 Å². The summed E-state index contributed by atoms with van der Waals surface area (Å²) < 4.78 is 37.4.